The Balaban J connectivity index is 1.58. The van der Waals surface area contributed by atoms with Gasteiger partial charge in [-0.3, -0.25) is 0 Å². The number of rotatable bonds is 6. The summed E-state index contributed by atoms with van der Waals surface area (Å²) in [5.41, 5.74) is 3.25. The molecule has 2 aromatic rings. The molecule has 1 fully saturated rings. The van der Waals surface area contributed by atoms with Gasteiger partial charge in [-0.15, -0.1) is 0 Å². The van der Waals surface area contributed by atoms with Gasteiger partial charge in [-0.25, -0.2) is 4.98 Å². The van der Waals surface area contributed by atoms with Crippen molar-refractivity contribution in [2.45, 2.75) is 26.3 Å². The Labute approximate surface area is 118 Å². The number of benzene rings is 1. The smallest absolute Gasteiger partial charge is 0.226 e. The summed E-state index contributed by atoms with van der Waals surface area (Å²) in [6.07, 6.45) is 3.93. The normalized spacial score (nSPS) is 16.3. The Morgan fingerprint density at radius 1 is 1.30 bits per heavy atom. The maximum Gasteiger partial charge on any atom is 0.226 e. The van der Waals surface area contributed by atoms with Gasteiger partial charge in [0.25, 0.3) is 0 Å². The average Bonchev–Trinajstić information content (AvgIpc) is 3.09. The Bertz CT molecular complexity index is 570. The zero-order valence-corrected chi connectivity index (χ0v) is 11.7. The van der Waals surface area contributed by atoms with E-state index in [1.807, 2.05) is 12.1 Å². The quantitative estimate of drug-likeness (QED) is 0.848. The molecule has 0 bridgehead atoms. The largest absolute Gasteiger partial charge is 0.444 e. The molecular weight excluding hydrogens is 252 g/mol. The lowest BCUT2D eigenvalue weighted by Crippen LogP contribution is -2.26. The molecule has 1 aromatic heterocycles. The van der Waals surface area contributed by atoms with E-state index in [1.54, 1.807) is 6.26 Å². The summed E-state index contributed by atoms with van der Waals surface area (Å²) in [5.74, 6) is 0.657. The van der Waals surface area contributed by atoms with E-state index in [2.05, 4.69) is 29.4 Å². The van der Waals surface area contributed by atoms with Gasteiger partial charge in [0, 0.05) is 30.7 Å². The van der Waals surface area contributed by atoms with Crippen LogP contribution in [0.5, 0.6) is 0 Å². The number of nitrogens with one attached hydrogen (secondary N) is 1. The van der Waals surface area contributed by atoms with Gasteiger partial charge in [0.2, 0.25) is 5.89 Å². The fourth-order valence-corrected chi connectivity index (χ4v) is 2.24. The maximum atomic E-state index is 9.25. The summed E-state index contributed by atoms with van der Waals surface area (Å²) in [7, 11) is 0. The lowest BCUT2D eigenvalue weighted by molar-refractivity contribution is 0.207. The van der Waals surface area contributed by atoms with Crippen molar-refractivity contribution in [3.8, 4) is 11.5 Å². The topological polar surface area (TPSA) is 58.3 Å². The molecule has 1 saturated carbocycles. The van der Waals surface area contributed by atoms with Crippen molar-refractivity contribution in [3.63, 3.8) is 0 Å². The van der Waals surface area contributed by atoms with Gasteiger partial charge in [-0.2, -0.15) is 0 Å². The minimum atomic E-state index is 0.128. The molecule has 3 rings (SSSR count). The molecule has 4 nitrogen and oxygen atoms in total. The molecule has 0 aliphatic heterocycles. The van der Waals surface area contributed by atoms with Gasteiger partial charge < -0.3 is 14.8 Å². The summed E-state index contributed by atoms with van der Waals surface area (Å²) < 4.78 is 5.51. The van der Waals surface area contributed by atoms with Crippen LogP contribution in [0, 0.1) is 12.3 Å². The zero-order valence-electron chi connectivity index (χ0n) is 11.7. The van der Waals surface area contributed by atoms with E-state index in [1.165, 1.54) is 5.56 Å². The number of nitrogens with zero attached hydrogens (tertiary/aromatic N) is 1. The Hall–Kier alpha value is -1.65. The van der Waals surface area contributed by atoms with E-state index in [9.17, 15) is 5.11 Å². The molecule has 0 radical (unpaired) electrons. The van der Waals surface area contributed by atoms with Gasteiger partial charge in [-0.05, 0) is 31.9 Å². The molecule has 1 heterocycles. The lowest BCUT2D eigenvalue weighted by Gasteiger charge is -2.11. The molecule has 2 N–H and O–H groups in total. The van der Waals surface area contributed by atoms with Crippen molar-refractivity contribution in [3.05, 3.63) is 41.8 Å². The molecule has 20 heavy (non-hydrogen) atoms. The van der Waals surface area contributed by atoms with Crippen molar-refractivity contribution in [1.82, 2.24) is 10.3 Å². The summed E-state index contributed by atoms with van der Waals surface area (Å²) in [6.45, 7) is 3.85. The Morgan fingerprint density at radius 2 is 2.05 bits per heavy atom. The third-order valence-electron chi connectivity index (χ3n) is 3.95. The highest BCUT2D eigenvalue weighted by Crippen LogP contribution is 2.44. The maximum absolute atomic E-state index is 9.25. The summed E-state index contributed by atoms with van der Waals surface area (Å²) in [4.78, 5) is 4.48. The van der Waals surface area contributed by atoms with Gasteiger partial charge >= 0.3 is 0 Å². The van der Waals surface area contributed by atoms with Crippen LogP contribution in [0.3, 0.4) is 0 Å². The van der Waals surface area contributed by atoms with Crippen LogP contribution in [-0.2, 0) is 6.54 Å². The van der Waals surface area contributed by atoms with Crippen LogP contribution >= 0.6 is 0 Å². The van der Waals surface area contributed by atoms with E-state index in [-0.39, 0.29) is 12.0 Å². The second kappa shape index (κ2) is 5.38. The first kappa shape index (κ1) is 13.3. The minimum Gasteiger partial charge on any atom is -0.444 e. The molecule has 1 aliphatic rings. The molecule has 0 unspecified atom stereocenters. The number of aromatic nitrogens is 1. The lowest BCUT2D eigenvalue weighted by atomic mass is 10.1. The number of aliphatic hydroxyl groups excluding tert-OH is 1. The van der Waals surface area contributed by atoms with Gasteiger partial charge in [0.05, 0.1) is 5.69 Å². The van der Waals surface area contributed by atoms with Crippen molar-refractivity contribution in [1.29, 1.82) is 0 Å². The molecular formula is C16H20N2O2. The second-order valence-electron chi connectivity index (χ2n) is 5.77. The molecule has 106 valence electrons. The van der Waals surface area contributed by atoms with Crippen LogP contribution in [-0.4, -0.2) is 23.2 Å². The van der Waals surface area contributed by atoms with Crippen molar-refractivity contribution in [2.24, 2.45) is 5.41 Å². The van der Waals surface area contributed by atoms with Gasteiger partial charge in [-0.1, -0.05) is 17.7 Å². The monoisotopic (exact) mass is 272 g/mol. The molecule has 4 heteroatoms. The van der Waals surface area contributed by atoms with Crippen molar-refractivity contribution < 1.29 is 9.52 Å². The number of oxazole rings is 1. The van der Waals surface area contributed by atoms with Crippen LogP contribution in [0.1, 0.15) is 24.1 Å². The second-order valence-corrected chi connectivity index (χ2v) is 5.77. The predicted octanol–water partition coefficient (Wildman–Crippen LogP) is 2.51. The molecule has 0 atom stereocenters. The third-order valence-corrected chi connectivity index (χ3v) is 3.95. The minimum absolute atomic E-state index is 0.128. The van der Waals surface area contributed by atoms with Crippen LogP contribution in [0.4, 0.5) is 0 Å². The molecule has 1 aliphatic carbocycles. The SMILES string of the molecule is Cc1ccc(-c2nc(CNCC3(CO)CC3)co2)cc1. The predicted molar refractivity (Wildman–Crippen MR) is 77.1 cm³/mol. The average molecular weight is 272 g/mol. The van der Waals surface area contributed by atoms with Crippen LogP contribution in [0.25, 0.3) is 11.5 Å². The van der Waals surface area contributed by atoms with Crippen LogP contribution in [0.2, 0.25) is 0 Å². The summed E-state index contributed by atoms with van der Waals surface area (Å²) in [5, 5.41) is 12.6. The van der Waals surface area contributed by atoms with Gasteiger partial charge in [0.15, 0.2) is 0 Å². The Kier molecular flexibility index (Phi) is 3.59. The van der Waals surface area contributed by atoms with E-state index in [4.69, 9.17) is 4.42 Å². The third kappa shape index (κ3) is 2.92. The highest BCUT2D eigenvalue weighted by Gasteiger charge is 2.41. The molecule has 0 amide bonds. The standard InChI is InChI=1S/C16H20N2O2/c1-12-2-4-13(5-3-12)15-18-14(9-20-15)8-17-10-16(11-19)6-7-16/h2-5,9,17,19H,6-8,10-11H2,1H3. The number of hydrogen-bond acceptors (Lipinski definition) is 4. The molecule has 1 aromatic carbocycles. The van der Waals surface area contributed by atoms with Crippen molar-refractivity contribution >= 4 is 0 Å². The van der Waals surface area contributed by atoms with Gasteiger partial charge in [0.1, 0.15) is 6.26 Å². The first-order valence-electron chi connectivity index (χ1n) is 7.04. The highest BCUT2D eigenvalue weighted by molar-refractivity contribution is 5.53. The summed E-state index contributed by atoms with van der Waals surface area (Å²) in [6, 6.07) is 8.14. The fourth-order valence-electron chi connectivity index (χ4n) is 2.24. The first-order valence-corrected chi connectivity index (χ1v) is 7.04. The molecule has 0 saturated heterocycles. The number of hydrogen-bond donors (Lipinski definition) is 2. The molecule has 0 spiro atoms. The highest BCUT2D eigenvalue weighted by atomic mass is 16.3. The van der Waals surface area contributed by atoms with Crippen LogP contribution < -0.4 is 5.32 Å². The van der Waals surface area contributed by atoms with Crippen molar-refractivity contribution in [2.75, 3.05) is 13.2 Å². The van der Waals surface area contributed by atoms with Crippen LogP contribution in [0.15, 0.2) is 34.9 Å². The van der Waals surface area contributed by atoms with E-state index in [0.29, 0.717) is 12.4 Å². The summed E-state index contributed by atoms with van der Waals surface area (Å²) >= 11 is 0. The zero-order chi connectivity index (χ0) is 14.0. The fraction of sp³-hybridized carbons (Fsp3) is 0.438. The van der Waals surface area contributed by atoms with E-state index in [0.717, 1.165) is 30.6 Å². The van der Waals surface area contributed by atoms with E-state index >= 15 is 0 Å². The number of aryl methyl sites for hydroxylation is 1. The van der Waals surface area contributed by atoms with E-state index < -0.39 is 0 Å². The Morgan fingerprint density at radius 3 is 2.70 bits per heavy atom. The first-order chi connectivity index (χ1) is 9.71. The number of aliphatic hydroxyl groups is 1.